The number of nitrogens with one attached hydrogen (secondary N) is 1. The van der Waals surface area contributed by atoms with Gasteiger partial charge in [0.1, 0.15) is 11.3 Å². The Morgan fingerprint density at radius 2 is 1.89 bits per heavy atom. The third kappa shape index (κ3) is 3.19. The fourth-order valence-corrected chi connectivity index (χ4v) is 4.12. The molecule has 2 aliphatic rings. The van der Waals surface area contributed by atoms with Gasteiger partial charge in [-0.3, -0.25) is 14.9 Å². The first kappa shape index (κ1) is 18.7. The standard InChI is InChI=1S/C19H19N5O3.ClH/c25-17(22-26)14-6-20-18(21-7-14)24-11-19(12-24)9-23(10-19)8-15-5-13-3-1-2-4-16(13)27-15;/h1-7,26H,8-12H2,(H,22,25);1H. The number of likely N-dealkylation sites (tertiary alicyclic amines) is 1. The number of para-hydroxylation sites is 1. The predicted octanol–water partition coefficient (Wildman–Crippen LogP) is 2.09. The van der Waals surface area contributed by atoms with Gasteiger partial charge in [0, 0.05) is 49.4 Å². The highest BCUT2D eigenvalue weighted by molar-refractivity contribution is 5.92. The fraction of sp³-hybridized carbons (Fsp3) is 0.316. The smallest absolute Gasteiger partial charge is 0.277 e. The Labute approximate surface area is 167 Å². The van der Waals surface area contributed by atoms with E-state index in [2.05, 4.69) is 31.9 Å². The minimum atomic E-state index is -0.609. The number of hydrogen-bond acceptors (Lipinski definition) is 7. The molecular weight excluding hydrogens is 382 g/mol. The molecule has 2 N–H and O–H groups in total. The van der Waals surface area contributed by atoms with Crippen LogP contribution in [0.2, 0.25) is 0 Å². The zero-order valence-electron chi connectivity index (χ0n) is 15.0. The van der Waals surface area contributed by atoms with Crippen molar-refractivity contribution in [2.45, 2.75) is 6.54 Å². The number of hydrogen-bond donors (Lipinski definition) is 2. The van der Waals surface area contributed by atoms with Crippen molar-refractivity contribution in [1.29, 1.82) is 0 Å². The normalized spacial score (nSPS) is 17.7. The van der Waals surface area contributed by atoms with E-state index in [0.29, 0.717) is 11.4 Å². The lowest BCUT2D eigenvalue weighted by Gasteiger charge is -2.60. The lowest BCUT2D eigenvalue weighted by molar-refractivity contribution is -0.0312. The molecule has 0 aliphatic carbocycles. The van der Waals surface area contributed by atoms with Crippen molar-refractivity contribution >= 4 is 35.2 Å². The molecule has 1 amide bonds. The molecule has 0 atom stereocenters. The van der Waals surface area contributed by atoms with Crippen molar-refractivity contribution < 1.29 is 14.4 Å². The summed E-state index contributed by atoms with van der Waals surface area (Å²) in [6.45, 7) is 4.72. The minimum Gasteiger partial charge on any atom is -0.460 e. The Morgan fingerprint density at radius 3 is 2.57 bits per heavy atom. The van der Waals surface area contributed by atoms with Crippen LogP contribution in [0.15, 0.2) is 47.1 Å². The van der Waals surface area contributed by atoms with Crippen LogP contribution in [0.4, 0.5) is 5.95 Å². The van der Waals surface area contributed by atoms with Crippen molar-refractivity contribution in [3.05, 3.63) is 54.0 Å². The molecule has 2 aliphatic heterocycles. The number of carbonyl (C=O) groups is 1. The van der Waals surface area contributed by atoms with Gasteiger partial charge in [-0.05, 0) is 12.1 Å². The van der Waals surface area contributed by atoms with E-state index < -0.39 is 5.91 Å². The summed E-state index contributed by atoms with van der Waals surface area (Å²) in [5, 5.41) is 9.77. The molecule has 146 valence electrons. The van der Waals surface area contributed by atoms with Crippen molar-refractivity contribution in [1.82, 2.24) is 20.3 Å². The van der Waals surface area contributed by atoms with E-state index >= 15 is 0 Å². The lowest BCUT2D eigenvalue weighted by atomic mass is 9.73. The third-order valence-corrected chi connectivity index (χ3v) is 5.31. The Morgan fingerprint density at radius 1 is 1.18 bits per heavy atom. The molecule has 9 heteroatoms. The first-order chi connectivity index (χ1) is 13.1. The van der Waals surface area contributed by atoms with Crippen LogP contribution in [0.5, 0.6) is 0 Å². The first-order valence-electron chi connectivity index (χ1n) is 8.85. The number of anilines is 1. The van der Waals surface area contributed by atoms with Crippen molar-refractivity contribution in [2.75, 3.05) is 31.1 Å². The molecule has 2 aromatic heterocycles. The molecule has 2 saturated heterocycles. The molecule has 1 spiro atoms. The van der Waals surface area contributed by atoms with E-state index in [4.69, 9.17) is 9.62 Å². The molecule has 0 radical (unpaired) electrons. The molecular formula is C19H20ClN5O3. The van der Waals surface area contributed by atoms with E-state index in [-0.39, 0.29) is 18.0 Å². The molecule has 8 nitrogen and oxygen atoms in total. The van der Waals surface area contributed by atoms with Gasteiger partial charge in [0.2, 0.25) is 5.95 Å². The number of aromatic nitrogens is 2. The van der Waals surface area contributed by atoms with Gasteiger partial charge in [-0.2, -0.15) is 0 Å². The highest BCUT2D eigenvalue weighted by atomic mass is 35.5. The van der Waals surface area contributed by atoms with Gasteiger partial charge in [0.25, 0.3) is 5.91 Å². The molecule has 5 rings (SSSR count). The average Bonchev–Trinajstić information content (AvgIpc) is 3.04. The lowest BCUT2D eigenvalue weighted by Crippen LogP contribution is -2.72. The molecule has 0 saturated carbocycles. The van der Waals surface area contributed by atoms with Crippen LogP contribution < -0.4 is 10.4 Å². The quantitative estimate of drug-likeness (QED) is 0.510. The van der Waals surface area contributed by atoms with Crippen LogP contribution in [-0.2, 0) is 6.54 Å². The van der Waals surface area contributed by atoms with Crippen LogP contribution in [-0.4, -0.2) is 52.2 Å². The summed E-state index contributed by atoms with van der Waals surface area (Å²) in [6.07, 6.45) is 2.85. The number of hydroxylamine groups is 1. The monoisotopic (exact) mass is 401 g/mol. The van der Waals surface area contributed by atoms with E-state index in [9.17, 15) is 4.79 Å². The second-order valence-electron chi connectivity index (χ2n) is 7.46. The summed E-state index contributed by atoms with van der Waals surface area (Å²) in [4.78, 5) is 24.3. The Kier molecular flexibility index (Phi) is 4.70. The van der Waals surface area contributed by atoms with Crippen LogP contribution in [0.1, 0.15) is 16.1 Å². The van der Waals surface area contributed by atoms with E-state index in [1.807, 2.05) is 18.2 Å². The maximum Gasteiger partial charge on any atom is 0.277 e. The maximum atomic E-state index is 11.3. The summed E-state index contributed by atoms with van der Waals surface area (Å²) in [6, 6.07) is 10.2. The summed E-state index contributed by atoms with van der Waals surface area (Å²) in [7, 11) is 0. The van der Waals surface area contributed by atoms with E-state index in [0.717, 1.165) is 49.5 Å². The summed E-state index contributed by atoms with van der Waals surface area (Å²) in [5.41, 5.74) is 3.05. The topological polar surface area (TPSA) is 94.7 Å². The van der Waals surface area contributed by atoms with Gasteiger partial charge < -0.3 is 9.32 Å². The first-order valence-corrected chi connectivity index (χ1v) is 8.85. The number of halogens is 1. The highest BCUT2D eigenvalue weighted by Crippen LogP contribution is 2.41. The van der Waals surface area contributed by atoms with Crippen LogP contribution >= 0.6 is 12.4 Å². The third-order valence-electron chi connectivity index (χ3n) is 5.31. The SMILES string of the molecule is Cl.O=C(NO)c1cnc(N2CC3(CN(Cc4cc5ccccc5o4)C3)C2)nc1. The van der Waals surface area contributed by atoms with Gasteiger partial charge in [-0.1, -0.05) is 18.2 Å². The number of amides is 1. The van der Waals surface area contributed by atoms with Gasteiger partial charge in [-0.15, -0.1) is 12.4 Å². The number of benzene rings is 1. The largest absolute Gasteiger partial charge is 0.460 e. The summed E-state index contributed by atoms with van der Waals surface area (Å²) >= 11 is 0. The molecule has 28 heavy (non-hydrogen) atoms. The van der Waals surface area contributed by atoms with Gasteiger partial charge in [0.15, 0.2) is 0 Å². The number of furan rings is 1. The molecule has 4 heterocycles. The minimum absolute atomic E-state index is 0. The van der Waals surface area contributed by atoms with Gasteiger partial charge in [0.05, 0.1) is 12.1 Å². The molecule has 2 fully saturated rings. The number of nitrogens with zero attached hydrogens (tertiary/aromatic N) is 4. The number of fused-ring (bicyclic) bond motifs is 1. The van der Waals surface area contributed by atoms with Gasteiger partial charge >= 0.3 is 0 Å². The highest BCUT2D eigenvalue weighted by Gasteiger charge is 2.52. The molecule has 3 aromatic rings. The van der Waals surface area contributed by atoms with Crippen LogP contribution in [0.25, 0.3) is 11.0 Å². The maximum absolute atomic E-state index is 11.3. The number of rotatable bonds is 4. The Bertz CT molecular complexity index is 959. The molecule has 0 bridgehead atoms. The Hall–Kier alpha value is -2.68. The summed E-state index contributed by atoms with van der Waals surface area (Å²) in [5.74, 6) is 1.01. The van der Waals surface area contributed by atoms with E-state index in [1.54, 1.807) is 5.48 Å². The Balaban J connectivity index is 0.00000192. The van der Waals surface area contributed by atoms with Crippen LogP contribution in [0, 0.1) is 5.41 Å². The average molecular weight is 402 g/mol. The number of carbonyl (C=O) groups excluding carboxylic acids is 1. The zero-order chi connectivity index (χ0) is 18.4. The fourth-order valence-electron chi connectivity index (χ4n) is 4.12. The van der Waals surface area contributed by atoms with Crippen molar-refractivity contribution in [3.63, 3.8) is 0 Å². The van der Waals surface area contributed by atoms with Crippen LogP contribution in [0.3, 0.4) is 0 Å². The second-order valence-corrected chi connectivity index (χ2v) is 7.46. The zero-order valence-corrected chi connectivity index (χ0v) is 15.9. The van der Waals surface area contributed by atoms with Gasteiger partial charge in [-0.25, -0.2) is 15.4 Å². The summed E-state index contributed by atoms with van der Waals surface area (Å²) < 4.78 is 5.90. The molecule has 1 aromatic carbocycles. The van der Waals surface area contributed by atoms with E-state index in [1.165, 1.54) is 12.4 Å². The molecule has 0 unspecified atom stereocenters. The van der Waals surface area contributed by atoms with Crippen molar-refractivity contribution in [3.8, 4) is 0 Å². The predicted molar refractivity (Wildman–Crippen MR) is 105 cm³/mol. The van der Waals surface area contributed by atoms with Crippen molar-refractivity contribution in [2.24, 2.45) is 5.41 Å². The second kappa shape index (κ2) is 7.05.